The Balaban J connectivity index is 1.25. The second-order valence-electron chi connectivity index (χ2n) is 10.7. The lowest BCUT2D eigenvalue weighted by atomic mass is 9.63. The maximum absolute atomic E-state index is 15.2. The summed E-state index contributed by atoms with van der Waals surface area (Å²) in [5.74, 6) is 2.44. The highest BCUT2D eigenvalue weighted by Gasteiger charge is 2.36. The normalized spacial score (nSPS) is 24.1. The lowest BCUT2D eigenvalue weighted by molar-refractivity contribution is 0.114. The van der Waals surface area contributed by atoms with E-state index in [1.165, 1.54) is 38.5 Å². The zero-order valence-electron chi connectivity index (χ0n) is 20.7. The first-order valence-electron chi connectivity index (χ1n) is 13.4. The van der Waals surface area contributed by atoms with Gasteiger partial charge in [0.15, 0.2) is 0 Å². The molecule has 3 aromatic carbocycles. The van der Waals surface area contributed by atoms with Crippen LogP contribution in [0, 0.1) is 29.4 Å². The highest BCUT2D eigenvalue weighted by atomic mass is 19.1. The SMILES string of the molecule is CCCC1CC[C@@H]2C[C@H](c3cc(F)c(-c4ccc(OCc5ccccc5)cc4)c(F)c3)CC[C@@H]2C1. The van der Waals surface area contributed by atoms with Crippen molar-refractivity contribution in [3.63, 3.8) is 0 Å². The third-order valence-corrected chi connectivity index (χ3v) is 8.35. The fraction of sp³-hybridized carbons (Fsp3) is 0.438. The Hall–Kier alpha value is -2.68. The molecule has 0 N–H and O–H groups in total. The van der Waals surface area contributed by atoms with Gasteiger partial charge in [0.05, 0.1) is 5.56 Å². The summed E-state index contributed by atoms with van der Waals surface area (Å²) < 4.78 is 36.3. The Bertz CT molecular complexity index is 1090. The lowest BCUT2D eigenvalue weighted by Crippen LogP contribution is -2.30. The van der Waals surface area contributed by atoms with Crippen LogP contribution in [0.1, 0.15) is 75.3 Å². The Kier molecular flexibility index (Phi) is 7.51. The van der Waals surface area contributed by atoms with Crippen LogP contribution >= 0.6 is 0 Å². The highest BCUT2D eigenvalue weighted by Crippen LogP contribution is 2.48. The smallest absolute Gasteiger partial charge is 0.134 e. The largest absolute Gasteiger partial charge is 0.489 e. The van der Waals surface area contributed by atoms with Crippen molar-refractivity contribution in [2.24, 2.45) is 17.8 Å². The molecule has 0 bridgehead atoms. The monoisotopic (exact) mass is 474 g/mol. The van der Waals surface area contributed by atoms with Crippen molar-refractivity contribution in [2.45, 2.75) is 70.8 Å². The van der Waals surface area contributed by atoms with E-state index in [4.69, 9.17) is 4.74 Å². The number of hydrogen-bond acceptors (Lipinski definition) is 1. The van der Waals surface area contributed by atoms with Crippen molar-refractivity contribution in [3.05, 3.63) is 89.5 Å². The number of ether oxygens (including phenoxy) is 1. The Morgan fingerprint density at radius 1 is 0.800 bits per heavy atom. The standard InChI is InChI=1S/C32H36F2O/c1-2-6-22-9-10-26-18-27(12-11-25(26)17-22)28-19-30(33)32(31(34)20-28)24-13-15-29(16-14-24)35-21-23-7-4-3-5-8-23/h3-5,7-8,13-16,19-20,22,25-27H,2,6,9-12,17-18,21H2,1H3/t22?,25-,26-,27-/m1/s1. The molecule has 1 unspecified atom stereocenters. The van der Waals surface area contributed by atoms with E-state index >= 15 is 8.78 Å². The van der Waals surface area contributed by atoms with Crippen LogP contribution in [0.2, 0.25) is 0 Å². The minimum Gasteiger partial charge on any atom is -0.489 e. The van der Waals surface area contributed by atoms with Crippen LogP contribution in [0.5, 0.6) is 5.75 Å². The summed E-state index contributed by atoms with van der Waals surface area (Å²) in [6, 6.07) is 20.1. The molecule has 2 saturated carbocycles. The molecule has 0 spiro atoms. The first-order chi connectivity index (χ1) is 17.1. The maximum Gasteiger partial charge on any atom is 0.134 e. The van der Waals surface area contributed by atoms with E-state index in [0.29, 0.717) is 17.9 Å². The molecule has 4 atom stereocenters. The molecule has 0 heterocycles. The summed E-state index contributed by atoms with van der Waals surface area (Å²) >= 11 is 0. The number of benzene rings is 3. The summed E-state index contributed by atoms with van der Waals surface area (Å²) in [6.07, 6.45) is 9.93. The molecule has 3 aromatic rings. The fourth-order valence-corrected chi connectivity index (χ4v) is 6.52. The molecule has 0 radical (unpaired) electrons. The van der Waals surface area contributed by atoms with Gasteiger partial charge in [0.25, 0.3) is 0 Å². The number of hydrogen-bond donors (Lipinski definition) is 0. The molecule has 3 heteroatoms. The molecule has 5 rings (SSSR count). The molecule has 2 fully saturated rings. The third-order valence-electron chi connectivity index (χ3n) is 8.35. The van der Waals surface area contributed by atoms with E-state index < -0.39 is 11.6 Å². The highest BCUT2D eigenvalue weighted by molar-refractivity contribution is 5.66. The van der Waals surface area contributed by atoms with Gasteiger partial charge in [-0.1, -0.05) is 68.7 Å². The molecule has 0 saturated heterocycles. The van der Waals surface area contributed by atoms with Crippen LogP contribution in [0.4, 0.5) is 8.78 Å². The van der Waals surface area contributed by atoms with Crippen molar-refractivity contribution < 1.29 is 13.5 Å². The van der Waals surface area contributed by atoms with Crippen molar-refractivity contribution in [1.82, 2.24) is 0 Å². The van der Waals surface area contributed by atoms with Gasteiger partial charge in [0, 0.05) is 0 Å². The minimum atomic E-state index is -0.466. The molecular formula is C32H36F2O. The second-order valence-corrected chi connectivity index (χ2v) is 10.7. The predicted octanol–water partition coefficient (Wildman–Crippen LogP) is 9.31. The first-order valence-corrected chi connectivity index (χ1v) is 13.4. The van der Waals surface area contributed by atoms with E-state index in [-0.39, 0.29) is 11.5 Å². The van der Waals surface area contributed by atoms with Crippen molar-refractivity contribution in [3.8, 4) is 16.9 Å². The van der Waals surface area contributed by atoms with Gasteiger partial charge in [-0.15, -0.1) is 0 Å². The summed E-state index contributed by atoms with van der Waals surface area (Å²) in [4.78, 5) is 0. The topological polar surface area (TPSA) is 9.23 Å². The third kappa shape index (κ3) is 5.60. The quantitative estimate of drug-likeness (QED) is 0.331. The molecule has 1 nitrogen and oxygen atoms in total. The van der Waals surface area contributed by atoms with Crippen LogP contribution in [0.25, 0.3) is 11.1 Å². The Morgan fingerprint density at radius 2 is 1.49 bits per heavy atom. The van der Waals surface area contributed by atoms with Crippen LogP contribution in [-0.4, -0.2) is 0 Å². The van der Waals surface area contributed by atoms with E-state index in [2.05, 4.69) is 6.92 Å². The second kappa shape index (κ2) is 10.9. The molecule has 184 valence electrons. The Labute approximate surface area is 208 Å². The van der Waals surface area contributed by atoms with Gasteiger partial charge in [-0.05, 0) is 96.7 Å². The van der Waals surface area contributed by atoms with E-state index in [0.717, 1.165) is 41.7 Å². The van der Waals surface area contributed by atoms with Crippen LogP contribution < -0.4 is 4.74 Å². The lowest BCUT2D eigenvalue weighted by Gasteiger charge is -2.42. The molecule has 35 heavy (non-hydrogen) atoms. The summed E-state index contributed by atoms with van der Waals surface area (Å²) in [5, 5.41) is 0. The van der Waals surface area contributed by atoms with Gasteiger partial charge in [0.1, 0.15) is 24.0 Å². The number of halogens is 2. The van der Waals surface area contributed by atoms with Gasteiger partial charge in [0.2, 0.25) is 0 Å². The van der Waals surface area contributed by atoms with Crippen molar-refractivity contribution in [1.29, 1.82) is 0 Å². The molecular weight excluding hydrogens is 438 g/mol. The van der Waals surface area contributed by atoms with Gasteiger partial charge < -0.3 is 4.74 Å². The van der Waals surface area contributed by atoms with E-state index in [1.54, 1.807) is 36.4 Å². The summed E-state index contributed by atoms with van der Waals surface area (Å²) in [6.45, 7) is 2.74. The fourth-order valence-electron chi connectivity index (χ4n) is 6.52. The average molecular weight is 475 g/mol. The van der Waals surface area contributed by atoms with E-state index in [9.17, 15) is 0 Å². The van der Waals surface area contributed by atoms with Gasteiger partial charge in [-0.3, -0.25) is 0 Å². The molecule has 0 amide bonds. The predicted molar refractivity (Wildman–Crippen MR) is 138 cm³/mol. The number of rotatable bonds is 7. The Morgan fingerprint density at radius 3 is 2.20 bits per heavy atom. The summed E-state index contributed by atoms with van der Waals surface area (Å²) in [7, 11) is 0. The maximum atomic E-state index is 15.2. The van der Waals surface area contributed by atoms with Crippen molar-refractivity contribution >= 4 is 0 Å². The van der Waals surface area contributed by atoms with Crippen LogP contribution in [-0.2, 0) is 6.61 Å². The van der Waals surface area contributed by atoms with Gasteiger partial charge in [-0.2, -0.15) is 0 Å². The number of fused-ring (bicyclic) bond motifs is 1. The van der Waals surface area contributed by atoms with Gasteiger partial charge >= 0.3 is 0 Å². The first kappa shape index (κ1) is 24.0. The van der Waals surface area contributed by atoms with Crippen LogP contribution in [0.15, 0.2) is 66.7 Å². The molecule has 2 aliphatic rings. The van der Waals surface area contributed by atoms with E-state index in [1.807, 2.05) is 30.3 Å². The average Bonchev–Trinajstić information content (AvgIpc) is 2.88. The zero-order valence-corrected chi connectivity index (χ0v) is 20.7. The molecule has 2 aliphatic carbocycles. The van der Waals surface area contributed by atoms with Gasteiger partial charge in [-0.25, -0.2) is 8.78 Å². The molecule has 0 aliphatic heterocycles. The zero-order chi connectivity index (χ0) is 24.2. The van der Waals surface area contributed by atoms with Crippen molar-refractivity contribution in [2.75, 3.05) is 0 Å². The minimum absolute atomic E-state index is 0.0529. The molecule has 0 aromatic heterocycles. The summed E-state index contributed by atoms with van der Waals surface area (Å²) in [5.41, 5.74) is 2.50. The van der Waals surface area contributed by atoms with Crippen LogP contribution in [0.3, 0.4) is 0 Å².